The second-order valence-electron chi connectivity index (χ2n) is 8.91. The molecule has 8 heteroatoms. The molecule has 0 saturated carbocycles. The molecule has 5 rings (SSSR count). The van der Waals surface area contributed by atoms with Crippen molar-refractivity contribution in [2.24, 2.45) is 7.05 Å². The molecule has 1 aliphatic rings. The largest absolute Gasteiger partial charge is 0.351 e. The van der Waals surface area contributed by atoms with Crippen molar-refractivity contribution in [3.8, 4) is 11.1 Å². The molecule has 0 radical (unpaired) electrons. The van der Waals surface area contributed by atoms with Crippen LogP contribution in [-0.2, 0) is 7.05 Å². The lowest BCUT2D eigenvalue weighted by Gasteiger charge is -2.17. The minimum atomic E-state index is -0.437. The van der Waals surface area contributed by atoms with Gasteiger partial charge in [0.1, 0.15) is 0 Å². The molecule has 184 valence electrons. The topological polar surface area (TPSA) is 83.4 Å². The monoisotopic (exact) mass is 502 g/mol. The predicted octanol–water partition coefficient (Wildman–Crippen LogP) is 4.61. The Kier molecular flexibility index (Phi) is 6.28. The molecular weight excluding hydrogens is 476 g/mol. The van der Waals surface area contributed by atoms with Crippen molar-refractivity contribution in [2.45, 2.75) is 13.8 Å². The SMILES string of the molecule is CCN(CC)CCNC(=O)c1ccc2c3c4c(c(-c5ccccc5Cl)cc3n(C)c2c1)C(=O)NC4=O. The van der Waals surface area contributed by atoms with Crippen molar-refractivity contribution in [1.29, 1.82) is 0 Å². The average Bonchev–Trinajstić information content (AvgIpc) is 3.34. The molecule has 2 heterocycles. The third-order valence-electron chi connectivity index (χ3n) is 7.01. The Morgan fingerprint density at radius 1 is 0.972 bits per heavy atom. The maximum absolute atomic E-state index is 13.0. The first-order valence-electron chi connectivity index (χ1n) is 12.1. The molecule has 3 aromatic carbocycles. The van der Waals surface area contributed by atoms with E-state index in [9.17, 15) is 14.4 Å². The van der Waals surface area contributed by atoms with Crippen molar-refractivity contribution in [3.05, 3.63) is 70.2 Å². The number of amides is 3. The van der Waals surface area contributed by atoms with Gasteiger partial charge in [0.25, 0.3) is 17.7 Å². The van der Waals surface area contributed by atoms with Gasteiger partial charge in [0, 0.05) is 52.6 Å². The minimum absolute atomic E-state index is 0.149. The predicted molar refractivity (Wildman–Crippen MR) is 143 cm³/mol. The van der Waals surface area contributed by atoms with Crippen LogP contribution < -0.4 is 10.6 Å². The summed E-state index contributed by atoms with van der Waals surface area (Å²) in [5.41, 5.74) is 4.07. The average molecular weight is 503 g/mol. The second-order valence-corrected chi connectivity index (χ2v) is 9.31. The number of rotatable bonds is 7. The van der Waals surface area contributed by atoms with E-state index in [1.165, 1.54) is 0 Å². The molecule has 1 aliphatic heterocycles. The lowest BCUT2D eigenvalue weighted by molar-refractivity contribution is 0.0878. The van der Waals surface area contributed by atoms with Gasteiger partial charge in [-0.15, -0.1) is 0 Å². The molecule has 0 aliphatic carbocycles. The lowest BCUT2D eigenvalue weighted by atomic mass is 9.93. The summed E-state index contributed by atoms with van der Waals surface area (Å²) in [6.45, 7) is 7.41. The standard InChI is InChI=1S/C28H27ClN4O3/c1-4-33(5-2)13-12-30-26(34)16-10-11-18-21(14-16)32(3)22-15-19(17-8-6-7-9-20(17)29)24-25(23(18)22)28(36)31-27(24)35/h6-11,14-15H,4-5,12-13H2,1-3H3,(H,30,34)(H,31,35,36). The molecule has 0 spiro atoms. The highest BCUT2D eigenvalue weighted by Crippen LogP contribution is 2.41. The number of hydrogen-bond donors (Lipinski definition) is 2. The first kappa shape index (κ1) is 24.0. The molecule has 2 N–H and O–H groups in total. The molecule has 7 nitrogen and oxygen atoms in total. The molecule has 0 fully saturated rings. The van der Waals surface area contributed by atoms with E-state index in [4.69, 9.17) is 11.6 Å². The van der Waals surface area contributed by atoms with Crippen LogP contribution in [-0.4, -0.2) is 53.4 Å². The van der Waals surface area contributed by atoms with Crippen LogP contribution in [0, 0.1) is 0 Å². The molecule has 3 amide bonds. The molecule has 0 saturated heterocycles. The van der Waals surface area contributed by atoms with E-state index in [0.29, 0.717) is 44.8 Å². The van der Waals surface area contributed by atoms with Gasteiger partial charge < -0.3 is 14.8 Å². The number of hydrogen-bond acceptors (Lipinski definition) is 4. The van der Waals surface area contributed by atoms with Gasteiger partial charge in [-0.25, -0.2) is 0 Å². The van der Waals surface area contributed by atoms with Crippen LogP contribution in [0.15, 0.2) is 48.5 Å². The molecule has 4 aromatic rings. The van der Waals surface area contributed by atoms with Crippen molar-refractivity contribution < 1.29 is 14.4 Å². The summed E-state index contributed by atoms with van der Waals surface area (Å²) in [5.74, 6) is -1.02. The summed E-state index contributed by atoms with van der Waals surface area (Å²) < 4.78 is 1.95. The maximum Gasteiger partial charge on any atom is 0.259 e. The number of imide groups is 1. The Hall–Kier alpha value is -3.68. The number of aryl methyl sites for hydroxylation is 1. The van der Waals surface area contributed by atoms with Crippen LogP contribution in [0.4, 0.5) is 0 Å². The van der Waals surface area contributed by atoms with E-state index < -0.39 is 11.8 Å². The Labute approximate surface area is 214 Å². The van der Waals surface area contributed by atoms with Crippen LogP contribution >= 0.6 is 11.6 Å². The molecular formula is C28H27ClN4O3. The van der Waals surface area contributed by atoms with Gasteiger partial charge in [-0.3, -0.25) is 19.7 Å². The zero-order valence-corrected chi connectivity index (χ0v) is 21.2. The summed E-state index contributed by atoms with van der Waals surface area (Å²) in [6.07, 6.45) is 0. The Bertz CT molecular complexity index is 1550. The smallest absolute Gasteiger partial charge is 0.259 e. The maximum atomic E-state index is 13.0. The number of benzene rings is 3. The quantitative estimate of drug-likeness (QED) is 0.362. The molecule has 36 heavy (non-hydrogen) atoms. The molecule has 1 aromatic heterocycles. The fraction of sp³-hybridized carbons (Fsp3) is 0.250. The van der Waals surface area contributed by atoms with Crippen LogP contribution in [0.1, 0.15) is 44.9 Å². The second kappa shape index (κ2) is 9.41. The number of nitrogens with one attached hydrogen (secondary N) is 2. The lowest BCUT2D eigenvalue weighted by Crippen LogP contribution is -2.34. The summed E-state index contributed by atoms with van der Waals surface area (Å²) in [4.78, 5) is 40.9. The zero-order valence-electron chi connectivity index (χ0n) is 20.4. The summed E-state index contributed by atoms with van der Waals surface area (Å²) >= 11 is 6.48. The summed E-state index contributed by atoms with van der Waals surface area (Å²) in [5, 5.41) is 7.43. The highest BCUT2D eigenvalue weighted by Gasteiger charge is 2.34. The number of carbonyl (C=O) groups excluding carboxylic acids is 3. The number of fused-ring (bicyclic) bond motifs is 5. The van der Waals surface area contributed by atoms with Gasteiger partial charge in [-0.05, 0) is 42.9 Å². The fourth-order valence-corrected chi connectivity index (χ4v) is 5.29. The van der Waals surface area contributed by atoms with Gasteiger partial charge in [-0.2, -0.15) is 0 Å². The van der Waals surface area contributed by atoms with Crippen molar-refractivity contribution in [3.63, 3.8) is 0 Å². The molecule has 0 unspecified atom stereocenters. The van der Waals surface area contributed by atoms with E-state index in [1.807, 2.05) is 48.0 Å². The Balaban J connectivity index is 1.64. The van der Waals surface area contributed by atoms with Gasteiger partial charge in [0.05, 0.1) is 16.6 Å². The molecule has 0 atom stereocenters. The number of aromatic nitrogens is 1. The van der Waals surface area contributed by atoms with Gasteiger partial charge in [0.15, 0.2) is 0 Å². The first-order valence-corrected chi connectivity index (χ1v) is 12.4. The number of halogens is 1. The highest BCUT2D eigenvalue weighted by molar-refractivity contribution is 6.36. The van der Waals surface area contributed by atoms with Crippen LogP contribution in [0.25, 0.3) is 32.9 Å². The van der Waals surface area contributed by atoms with Crippen molar-refractivity contribution in [2.75, 3.05) is 26.2 Å². The van der Waals surface area contributed by atoms with E-state index in [1.54, 1.807) is 12.1 Å². The van der Waals surface area contributed by atoms with E-state index >= 15 is 0 Å². The third-order valence-corrected chi connectivity index (χ3v) is 7.34. The number of nitrogens with zero attached hydrogens (tertiary/aromatic N) is 2. The first-order chi connectivity index (χ1) is 17.3. The minimum Gasteiger partial charge on any atom is -0.351 e. The van der Waals surface area contributed by atoms with E-state index in [-0.39, 0.29) is 5.91 Å². The third kappa shape index (κ3) is 3.85. The summed E-state index contributed by atoms with van der Waals surface area (Å²) in [6, 6.07) is 14.6. The Morgan fingerprint density at radius 2 is 1.69 bits per heavy atom. The molecule has 0 bridgehead atoms. The van der Waals surface area contributed by atoms with Gasteiger partial charge in [0.2, 0.25) is 0 Å². The zero-order chi connectivity index (χ0) is 25.6. The Morgan fingerprint density at radius 3 is 2.42 bits per heavy atom. The highest BCUT2D eigenvalue weighted by atomic mass is 35.5. The van der Waals surface area contributed by atoms with Gasteiger partial charge in [-0.1, -0.05) is 49.7 Å². The number of likely N-dealkylation sites (N-methyl/N-ethyl adjacent to an activating group) is 1. The number of carbonyl (C=O) groups is 3. The normalized spacial score (nSPS) is 13.0. The fourth-order valence-electron chi connectivity index (χ4n) is 5.05. The summed E-state index contributed by atoms with van der Waals surface area (Å²) in [7, 11) is 1.89. The van der Waals surface area contributed by atoms with Crippen LogP contribution in [0.5, 0.6) is 0 Å². The van der Waals surface area contributed by atoms with Crippen LogP contribution in [0.2, 0.25) is 5.02 Å². The van der Waals surface area contributed by atoms with Crippen molar-refractivity contribution in [1.82, 2.24) is 20.1 Å². The van der Waals surface area contributed by atoms with Crippen LogP contribution in [0.3, 0.4) is 0 Å². The van der Waals surface area contributed by atoms with E-state index in [0.717, 1.165) is 36.1 Å². The van der Waals surface area contributed by atoms with Crippen molar-refractivity contribution >= 4 is 51.1 Å². The van der Waals surface area contributed by atoms with Gasteiger partial charge >= 0.3 is 0 Å². The van der Waals surface area contributed by atoms with E-state index in [2.05, 4.69) is 29.4 Å².